The minimum absolute atomic E-state index is 0.216. The summed E-state index contributed by atoms with van der Waals surface area (Å²) in [7, 11) is 0. The lowest BCUT2D eigenvalue weighted by Gasteiger charge is -2.36. The number of aryl methyl sites for hydroxylation is 3. The zero-order chi connectivity index (χ0) is 16.9. The average molecular weight is 350 g/mol. The molecule has 1 amide bonds. The second-order valence-electron chi connectivity index (χ2n) is 6.36. The van der Waals surface area contributed by atoms with E-state index in [-0.39, 0.29) is 5.91 Å². The Morgan fingerprint density at radius 1 is 1.38 bits per heavy atom. The summed E-state index contributed by atoms with van der Waals surface area (Å²) in [6, 6.07) is 0.328. The fourth-order valence-corrected chi connectivity index (χ4v) is 3.53. The third-order valence-corrected chi connectivity index (χ3v) is 4.93. The van der Waals surface area contributed by atoms with Crippen LogP contribution in [-0.4, -0.2) is 42.7 Å². The van der Waals surface area contributed by atoms with Gasteiger partial charge in [0, 0.05) is 50.7 Å². The molecule has 1 unspecified atom stereocenters. The first-order valence-electron chi connectivity index (χ1n) is 8.58. The monoisotopic (exact) mass is 349 g/mol. The molecule has 0 spiro atoms. The van der Waals surface area contributed by atoms with E-state index in [1.807, 2.05) is 19.3 Å². The maximum Gasteiger partial charge on any atom is 0.224 e. The third-order valence-electron chi connectivity index (χ3n) is 4.73. The molecule has 1 fully saturated rings. The summed E-state index contributed by atoms with van der Waals surface area (Å²) < 4.78 is 3.89. The van der Waals surface area contributed by atoms with Gasteiger partial charge in [-0.3, -0.25) is 9.48 Å². The molecule has 7 heteroatoms. The summed E-state index contributed by atoms with van der Waals surface area (Å²) >= 11 is 5.86. The molecule has 0 radical (unpaired) electrons. The standard InChI is InChI=1S/C17H24ClN5O/c1-14-19-7-11-21(14)9-5-16-4-2-3-8-23(16)17(24)6-10-22-13-15(18)12-20-22/h7,11-13,16H,2-6,8-10H2,1H3. The molecule has 2 aromatic rings. The number of hydrogen-bond acceptors (Lipinski definition) is 3. The molecule has 0 saturated carbocycles. The van der Waals surface area contributed by atoms with Crippen LogP contribution < -0.4 is 0 Å². The Kier molecular flexibility index (Phi) is 5.56. The van der Waals surface area contributed by atoms with E-state index in [9.17, 15) is 4.79 Å². The van der Waals surface area contributed by atoms with Crippen LogP contribution in [0.5, 0.6) is 0 Å². The first-order valence-corrected chi connectivity index (χ1v) is 8.96. The predicted octanol–water partition coefficient (Wildman–Crippen LogP) is 2.90. The molecule has 6 nitrogen and oxygen atoms in total. The number of carbonyl (C=O) groups excluding carboxylic acids is 1. The molecule has 3 rings (SSSR count). The topological polar surface area (TPSA) is 56.0 Å². The Morgan fingerprint density at radius 3 is 2.96 bits per heavy atom. The third kappa shape index (κ3) is 4.17. The Labute approximate surface area is 147 Å². The minimum Gasteiger partial charge on any atom is -0.340 e. The van der Waals surface area contributed by atoms with Crippen LogP contribution in [0.2, 0.25) is 5.02 Å². The zero-order valence-electron chi connectivity index (χ0n) is 14.1. The van der Waals surface area contributed by atoms with E-state index in [1.165, 1.54) is 6.42 Å². The molecule has 1 saturated heterocycles. The van der Waals surface area contributed by atoms with E-state index >= 15 is 0 Å². The number of piperidine rings is 1. The molecule has 0 aliphatic carbocycles. The molecule has 2 aromatic heterocycles. The van der Waals surface area contributed by atoms with Gasteiger partial charge in [0.05, 0.1) is 11.2 Å². The highest BCUT2D eigenvalue weighted by atomic mass is 35.5. The number of amides is 1. The first kappa shape index (κ1) is 17.0. The van der Waals surface area contributed by atoms with E-state index in [2.05, 4.69) is 19.5 Å². The van der Waals surface area contributed by atoms with Crippen molar-refractivity contribution in [1.82, 2.24) is 24.2 Å². The van der Waals surface area contributed by atoms with Crippen molar-refractivity contribution < 1.29 is 4.79 Å². The van der Waals surface area contributed by atoms with Crippen LogP contribution in [0.1, 0.15) is 37.9 Å². The van der Waals surface area contributed by atoms with Crippen LogP contribution in [0.25, 0.3) is 0 Å². The van der Waals surface area contributed by atoms with Gasteiger partial charge < -0.3 is 9.47 Å². The largest absolute Gasteiger partial charge is 0.340 e. The SMILES string of the molecule is Cc1nccn1CCC1CCCCN1C(=O)CCn1cc(Cl)cn1. The molecular weight excluding hydrogens is 326 g/mol. The van der Waals surface area contributed by atoms with Gasteiger partial charge in [0.1, 0.15) is 5.82 Å². The molecule has 24 heavy (non-hydrogen) atoms. The molecule has 1 aliphatic rings. The minimum atomic E-state index is 0.216. The molecule has 0 N–H and O–H groups in total. The quantitative estimate of drug-likeness (QED) is 0.805. The van der Waals surface area contributed by atoms with Crippen molar-refractivity contribution in [2.75, 3.05) is 6.54 Å². The van der Waals surface area contributed by atoms with E-state index < -0.39 is 0 Å². The fourth-order valence-electron chi connectivity index (χ4n) is 3.37. The van der Waals surface area contributed by atoms with Crippen LogP contribution in [-0.2, 0) is 17.9 Å². The van der Waals surface area contributed by atoms with Crippen LogP contribution in [0.15, 0.2) is 24.8 Å². The van der Waals surface area contributed by atoms with Gasteiger partial charge in [-0.25, -0.2) is 4.98 Å². The van der Waals surface area contributed by atoms with E-state index in [4.69, 9.17) is 11.6 Å². The average Bonchev–Trinajstić information content (AvgIpc) is 3.19. The van der Waals surface area contributed by atoms with Crippen molar-refractivity contribution in [3.63, 3.8) is 0 Å². The maximum atomic E-state index is 12.6. The number of hydrogen-bond donors (Lipinski definition) is 0. The van der Waals surface area contributed by atoms with E-state index in [0.29, 0.717) is 24.0 Å². The lowest BCUT2D eigenvalue weighted by molar-refractivity contribution is -0.135. The smallest absolute Gasteiger partial charge is 0.224 e. The molecule has 1 aliphatic heterocycles. The van der Waals surface area contributed by atoms with Crippen molar-refractivity contribution in [2.45, 2.75) is 58.2 Å². The van der Waals surface area contributed by atoms with Crippen LogP contribution >= 0.6 is 11.6 Å². The number of imidazole rings is 1. The molecule has 130 valence electrons. The normalized spacial score (nSPS) is 18.1. The summed E-state index contributed by atoms with van der Waals surface area (Å²) in [5, 5.41) is 4.74. The van der Waals surface area contributed by atoms with Gasteiger partial charge in [0.2, 0.25) is 5.91 Å². The molecule has 0 aromatic carbocycles. The highest BCUT2D eigenvalue weighted by Gasteiger charge is 2.26. The van der Waals surface area contributed by atoms with Crippen LogP contribution in [0, 0.1) is 6.92 Å². The van der Waals surface area contributed by atoms with Crippen LogP contribution in [0.3, 0.4) is 0 Å². The predicted molar refractivity (Wildman–Crippen MR) is 92.8 cm³/mol. The highest BCUT2D eigenvalue weighted by molar-refractivity contribution is 6.30. The van der Waals surface area contributed by atoms with Gasteiger partial charge in [0.25, 0.3) is 0 Å². The van der Waals surface area contributed by atoms with E-state index in [1.54, 1.807) is 17.1 Å². The Morgan fingerprint density at radius 2 is 2.25 bits per heavy atom. The number of rotatable bonds is 6. The Hall–Kier alpha value is -1.82. The van der Waals surface area contributed by atoms with Gasteiger partial charge in [0.15, 0.2) is 0 Å². The summed E-state index contributed by atoms with van der Waals surface area (Å²) in [6.45, 7) is 4.37. The molecule has 1 atom stereocenters. The lowest BCUT2D eigenvalue weighted by Crippen LogP contribution is -2.44. The summed E-state index contributed by atoms with van der Waals surface area (Å²) in [5.74, 6) is 1.24. The number of carbonyl (C=O) groups is 1. The van der Waals surface area contributed by atoms with Gasteiger partial charge >= 0.3 is 0 Å². The van der Waals surface area contributed by atoms with Gasteiger partial charge in [-0.1, -0.05) is 11.6 Å². The van der Waals surface area contributed by atoms with Gasteiger partial charge in [-0.2, -0.15) is 5.10 Å². The van der Waals surface area contributed by atoms with Crippen molar-refractivity contribution in [3.8, 4) is 0 Å². The number of halogens is 1. The van der Waals surface area contributed by atoms with Gasteiger partial charge in [-0.15, -0.1) is 0 Å². The van der Waals surface area contributed by atoms with Crippen LogP contribution in [0.4, 0.5) is 0 Å². The second-order valence-corrected chi connectivity index (χ2v) is 6.80. The lowest BCUT2D eigenvalue weighted by atomic mass is 9.98. The zero-order valence-corrected chi connectivity index (χ0v) is 14.8. The Bertz CT molecular complexity index is 680. The van der Waals surface area contributed by atoms with Crippen molar-refractivity contribution in [2.24, 2.45) is 0 Å². The molecular formula is C17H24ClN5O. The maximum absolute atomic E-state index is 12.6. The second kappa shape index (κ2) is 7.83. The van der Waals surface area contributed by atoms with Crippen molar-refractivity contribution in [1.29, 1.82) is 0 Å². The van der Waals surface area contributed by atoms with Crippen molar-refractivity contribution in [3.05, 3.63) is 35.6 Å². The first-order chi connectivity index (χ1) is 11.6. The molecule has 3 heterocycles. The number of likely N-dealkylation sites (tertiary alicyclic amines) is 1. The Balaban J connectivity index is 1.54. The molecule has 0 bridgehead atoms. The highest BCUT2D eigenvalue weighted by Crippen LogP contribution is 2.21. The number of aromatic nitrogens is 4. The summed E-state index contributed by atoms with van der Waals surface area (Å²) in [4.78, 5) is 19.0. The van der Waals surface area contributed by atoms with Crippen molar-refractivity contribution >= 4 is 17.5 Å². The van der Waals surface area contributed by atoms with E-state index in [0.717, 1.165) is 38.2 Å². The fraction of sp³-hybridized carbons (Fsp3) is 0.588. The summed E-state index contributed by atoms with van der Waals surface area (Å²) in [5.41, 5.74) is 0. The van der Waals surface area contributed by atoms with Gasteiger partial charge in [-0.05, 0) is 32.6 Å². The summed E-state index contributed by atoms with van der Waals surface area (Å²) in [6.07, 6.45) is 12.0. The number of nitrogens with zero attached hydrogens (tertiary/aromatic N) is 5.